The average molecular weight is 382 g/mol. The van der Waals surface area contributed by atoms with Gasteiger partial charge >= 0.3 is 5.97 Å². The topological polar surface area (TPSA) is 55.4 Å². The summed E-state index contributed by atoms with van der Waals surface area (Å²) in [6.07, 6.45) is 0. The molecule has 0 heterocycles. The first kappa shape index (κ1) is 19.8. The number of ether oxygens (including phenoxy) is 1. The van der Waals surface area contributed by atoms with Crippen molar-refractivity contribution in [3.63, 3.8) is 0 Å². The van der Waals surface area contributed by atoms with Gasteiger partial charge in [0.25, 0.3) is 5.91 Å². The van der Waals surface area contributed by atoms with E-state index < -0.39 is 30.1 Å². The maximum absolute atomic E-state index is 13.2. The zero-order valence-corrected chi connectivity index (χ0v) is 15.3. The molecule has 26 heavy (non-hydrogen) atoms. The van der Waals surface area contributed by atoms with E-state index in [2.05, 4.69) is 26.1 Å². The third-order valence-corrected chi connectivity index (χ3v) is 3.91. The van der Waals surface area contributed by atoms with Gasteiger partial charge in [0.2, 0.25) is 0 Å². The Morgan fingerprint density at radius 1 is 1.08 bits per heavy atom. The molecule has 0 fully saturated rings. The van der Waals surface area contributed by atoms with E-state index in [0.29, 0.717) is 17.8 Å². The molecule has 0 aliphatic heterocycles. The lowest BCUT2D eigenvalue weighted by Gasteiger charge is -2.19. The van der Waals surface area contributed by atoms with E-state index in [4.69, 9.17) is 16.3 Å². The molecule has 0 spiro atoms. The van der Waals surface area contributed by atoms with Gasteiger partial charge < -0.3 is 10.1 Å². The predicted molar refractivity (Wildman–Crippen MR) is 95.4 cm³/mol. The van der Waals surface area contributed by atoms with Crippen molar-refractivity contribution in [2.45, 2.75) is 26.2 Å². The molecule has 1 N–H and O–H groups in total. The monoisotopic (exact) mass is 381 g/mol. The molecule has 7 heteroatoms. The summed E-state index contributed by atoms with van der Waals surface area (Å²) in [7, 11) is 0. The molecule has 0 saturated carbocycles. The second kappa shape index (κ2) is 7.83. The van der Waals surface area contributed by atoms with E-state index in [1.54, 1.807) is 12.1 Å². The number of hydrogen-bond acceptors (Lipinski definition) is 3. The minimum absolute atomic E-state index is 0.0121. The summed E-state index contributed by atoms with van der Waals surface area (Å²) in [5.41, 5.74) is 1.29. The van der Waals surface area contributed by atoms with Crippen LogP contribution < -0.4 is 5.32 Å². The van der Waals surface area contributed by atoms with E-state index in [-0.39, 0.29) is 16.0 Å². The molecule has 2 rings (SSSR count). The van der Waals surface area contributed by atoms with Gasteiger partial charge in [0.05, 0.1) is 10.6 Å². The third kappa shape index (κ3) is 5.02. The predicted octanol–water partition coefficient (Wildman–Crippen LogP) is 4.71. The fraction of sp³-hybridized carbons (Fsp3) is 0.263. The van der Waals surface area contributed by atoms with Crippen LogP contribution in [0.25, 0.3) is 0 Å². The highest BCUT2D eigenvalue weighted by atomic mass is 35.5. The van der Waals surface area contributed by atoms with Crippen molar-refractivity contribution in [1.82, 2.24) is 0 Å². The Bertz CT molecular complexity index is 830. The number of amides is 1. The smallest absolute Gasteiger partial charge is 0.340 e. The zero-order valence-electron chi connectivity index (χ0n) is 14.5. The molecule has 0 bridgehead atoms. The summed E-state index contributed by atoms with van der Waals surface area (Å²) in [4.78, 5) is 23.7. The van der Waals surface area contributed by atoms with Crippen LogP contribution in [-0.2, 0) is 14.9 Å². The van der Waals surface area contributed by atoms with Crippen molar-refractivity contribution in [2.75, 3.05) is 11.9 Å². The van der Waals surface area contributed by atoms with Crippen molar-refractivity contribution >= 4 is 29.2 Å². The number of halogens is 3. The van der Waals surface area contributed by atoms with Crippen LogP contribution in [0, 0.1) is 11.6 Å². The lowest BCUT2D eigenvalue weighted by Crippen LogP contribution is -2.21. The zero-order chi connectivity index (χ0) is 19.5. The average Bonchev–Trinajstić information content (AvgIpc) is 2.55. The number of esters is 1. The van der Waals surface area contributed by atoms with Crippen LogP contribution in [0.5, 0.6) is 0 Å². The van der Waals surface area contributed by atoms with Crippen molar-refractivity contribution in [3.8, 4) is 0 Å². The first-order valence-corrected chi connectivity index (χ1v) is 8.18. The Hall–Kier alpha value is -2.47. The number of anilines is 1. The number of nitrogens with one attached hydrogen (secondary N) is 1. The lowest BCUT2D eigenvalue weighted by molar-refractivity contribution is -0.119. The number of hydrogen-bond donors (Lipinski definition) is 1. The van der Waals surface area contributed by atoms with Crippen LogP contribution in [-0.4, -0.2) is 18.5 Å². The molecule has 0 atom stereocenters. The lowest BCUT2D eigenvalue weighted by atomic mass is 9.87. The second-order valence-corrected chi connectivity index (χ2v) is 7.11. The van der Waals surface area contributed by atoms with Gasteiger partial charge in [-0.15, -0.1) is 0 Å². The van der Waals surface area contributed by atoms with Crippen LogP contribution in [0.1, 0.15) is 36.7 Å². The fourth-order valence-corrected chi connectivity index (χ4v) is 2.37. The summed E-state index contributed by atoms with van der Waals surface area (Å²) in [6.45, 7) is 5.63. The summed E-state index contributed by atoms with van der Waals surface area (Å²) in [5, 5.41) is 2.28. The molecule has 0 unspecified atom stereocenters. The molecule has 2 aromatic rings. The summed E-state index contributed by atoms with van der Waals surface area (Å²) in [5.74, 6) is -4.00. The van der Waals surface area contributed by atoms with Crippen LogP contribution >= 0.6 is 11.6 Å². The molecule has 0 radical (unpaired) electrons. The number of rotatable bonds is 4. The Kier molecular flexibility index (Phi) is 5.97. The Morgan fingerprint density at radius 2 is 1.65 bits per heavy atom. The van der Waals surface area contributed by atoms with Gasteiger partial charge in [-0.3, -0.25) is 4.79 Å². The second-order valence-electron chi connectivity index (χ2n) is 6.70. The van der Waals surface area contributed by atoms with Crippen molar-refractivity contribution in [3.05, 3.63) is 64.2 Å². The molecule has 0 saturated heterocycles. The largest absolute Gasteiger partial charge is 0.452 e. The summed E-state index contributed by atoms with van der Waals surface area (Å²) < 4.78 is 31.0. The molecule has 138 valence electrons. The van der Waals surface area contributed by atoms with Crippen molar-refractivity contribution < 1.29 is 23.1 Å². The van der Waals surface area contributed by atoms with Crippen LogP contribution in [0.2, 0.25) is 5.02 Å². The molecule has 0 aliphatic carbocycles. The van der Waals surface area contributed by atoms with Gasteiger partial charge in [0.15, 0.2) is 18.2 Å². The molecular formula is C19H18ClF2NO3. The minimum atomic E-state index is -1.23. The number of carbonyl (C=O) groups excluding carboxylic acids is 2. The number of benzene rings is 2. The highest BCUT2D eigenvalue weighted by Gasteiger charge is 2.18. The first-order valence-electron chi connectivity index (χ1n) is 7.80. The Balaban J connectivity index is 1.94. The van der Waals surface area contributed by atoms with E-state index >= 15 is 0 Å². The van der Waals surface area contributed by atoms with E-state index in [1.807, 2.05) is 12.1 Å². The van der Waals surface area contributed by atoms with E-state index in [1.165, 1.54) is 0 Å². The van der Waals surface area contributed by atoms with Gasteiger partial charge in [-0.05, 0) is 35.2 Å². The SMILES string of the molecule is CC(C)(C)c1ccc(NC(=O)COC(=O)c2cc(F)c(F)cc2Cl)cc1. The van der Waals surface area contributed by atoms with Gasteiger partial charge in [-0.1, -0.05) is 44.5 Å². The van der Waals surface area contributed by atoms with Gasteiger partial charge in [0, 0.05) is 5.69 Å². The number of carbonyl (C=O) groups is 2. The van der Waals surface area contributed by atoms with Gasteiger partial charge in [-0.25, -0.2) is 13.6 Å². The maximum Gasteiger partial charge on any atom is 0.340 e. The Labute approximate surface area is 155 Å². The quantitative estimate of drug-likeness (QED) is 0.616. The highest BCUT2D eigenvalue weighted by molar-refractivity contribution is 6.33. The van der Waals surface area contributed by atoms with Gasteiger partial charge in [-0.2, -0.15) is 0 Å². The third-order valence-electron chi connectivity index (χ3n) is 3.60. The normalized spacial score (nSPS) is 11.2. The minimum Gasteiger partial charge on any atom is -0.452 e. The van der Waals surface area contributed by atoms with Crippen LogP contribution in [0.4, 0.5) is 14.5 Å². The van der Waals surface area contributed by atoms with Gasteiger partial charge in [0.1, 0.15) is 0 Å². The maximum atomic E-state index is 13.2. The van der Waals surface area contributed by atoms with Crippen molar-refractivity contribution in [1.29, 1.82) is 0 Å². The fourth-order valence-electron chi connectivity index (χ4n) is 2.14. The van der Waals surface area contributed by atoms with E-state index in [9.17, 15) is 18.4 Å². The first-order chi connectivity index (χ1) is 12.1. The molecule has 2 aromatic carbocycles. The van der Waals surface area contributed by atoms with E-state index in [0.717, 1.165) is 5.56 Å². The van der Waals surface area contributed by atoms with Crippen LogP contribution in [0.15, 0.2) is 36.4 Å². The molecule has 0 aromatic heterocycles. The Morgan fingerprint density at radius 3 is 2.23 bits per heavy atom. The molecular weight excluding hydrogens is 364 g/mol. The standard InChI is InChI=1S/C19H18ClF2NO3/c1-19(2,3)11-4-6-12(7-5-11)23-17(24)10-26-18(25)13-8-15(21)16(22)9-14(13)20/h4-9H,10H2,1-3H3,(H,23,24). The van der Waals surface area contributed by atoms with Crippen molar-refractivity contribution in [2.24, 2.45) is 0 Å². The molecule has 4 nitrogen and oxygen atoms in total. The highest BCUT2D eigenvalue weighted by Crippen LogP contribution is 2.23. The summed E-state index contributed by atoms with van der Waals surface area (Å²) >= 11 is 5.68. The summed E-state index contributed by atoms with van der Waals surface area (Å²) in [6, 6.07) is 8.57. The molecule has 0 aliphatic rings. The molecule has 1 amide bonds. The van der Waals surface area contributed by atoms with Crippen LogP contribution in [0.3, 0.4) is 0 Å².